The maximum atomic E-state index is 12.1. The van der Waals surface area contributed by atoms with Crippen LogP contribution in [0.25, 0.3) is 0 Å². The fourth-order valence-electron chi connectivity index (χ4n) is 1.93. The molecule has 0 aliphatic carbocycles. The molecular formula is C17H19N3O3. The van der Waals surface area contributed by atoms with Crippen LogP contribution in [0.3, 0.4) is 0 Å². The Balaban J connectivity index is 1.85. The third kappa shape index (κ3) is 4.81. The first-order valence-corrected chi connectivity index (χ1v) is 7.21. The molecule has 0 saturated heterocycles. The van der Waals surface area contributed by atoms with Crippen molar-refractivity contribution in [1.29, 1.82) is 0 Å². The monoisotopic (exact) mass is 313 g/mol. The number of benzene rings is 1. The second-order valence-corrected chi connectivity index (χ2v) is 5.00. The summed E-state index contributed by atoms with van der Waals surface area (Å²) >= 11 is 0. The van der Waals surface area contributed by atoms with Gasteiger partial charge in [-0.05, 0) is 42.8 Å². The van der Waals surface area contributed by atoms with Crippen molar-refractivity contribution in [2.45, 2.75) is 19.5 Å². The molecule has 0 fully saturated rings. The summed E-state index contributed by atoms with van der Waals surface area (Å²) in [5.74, 6) is 0.108. The highest BCUT2D eigenvalue weighted by atomic mass is 16.5. The number of hydrogen-bond acceptors (Lipinski definition) is 4. The van der Waals surface area contributed by atoms with Gasteiger partial charge in [0.1, 0.15) is 11.8 Å². The second-order valence-electron chi connectivity index (χ2n) is 5.00. The number of methoxy groups -OCH3 is 1. The Hall–Kier alpha value is -2.89. The highest BCUT2D eigenvalue weighted by molar-refractivity contribution is 5.97. The molecule has 0 spiro atoms. The van der Waals surface area contributed by atoms with Crippen molar-refractivity contribution in [2.75, 3.05) is 7.11 Å². The molecule has 0 aliphatic heterocycles. The van der Waals surface area contributed by atoms with Crippen molar-refractivity contribution < 1.29 is 14.3 Å². The summed E-state index contributed by atoms with van der Waals surface area (Å²) < 4.78 is 5.04. The van der Waals surface area contributed by atoms with Gasteiger partial charge in [0.15, 0.2) is 0 Å². The lowest BCUT2D eigenvalue weighted by Crippen LogP contribution is -2.44. The zero-order chi connectivity index (χ0) is 16.7. The number of pyridine rings is 1. The van der Waals surface area contributed by atoms with Crippen LogP contribution in [0.15, 0.2) is 48.8 Å². The van der Waals surface area contributed by atoms with Crippen LogP contribution in [-0.2, 0) is 11.3 Å². The zero-order valence-corrected chi connectivity index (χ0v) is 13.1. The maximum Gasteiger partial charge on any atom is 0.251 e. The van der Waals surface area contributed by atoms with Gasteiger partial charge < -0.3 is 15.4 Å². The maximum absolute atomic E-state index is 12.1. The van der Waals surface area contributed by atoms with Crippen LogP contribution in [0.4, 0.5) is 0 Å². The molecule has 120 valence electrons. The molecule has 1 atom stereocenters. The van der Waals surface area contributed by atoms with Crippen molar-refractivity contribution in [3.63, 3.8) is 0 Å². The van der Waals surface area contributed by atoms with Crippen LogP contribution < -0.4 is 15.4 Å². The molecule has 2 amide bonds. The lowest BCUT2D eigenvalue weighted by molar-refractivity contribution is -0.122. The first-order valence-electron chi connectivity index (χ1n) is 7.21. The lowest BCUT2D eigenvalue weighted by Gasteiger charge is -2.14. The summed E-state index contributed by atoms with van der Waals surface area (Å²) in [5.41, 5.74) is 1.37. The fourth-order valence-corrected chi connectivity index (χ4v) is 1.93. The zero-order valence-electron chi connectivity index (χ0n) is 13.1. The number of nitrogens with zero attached hydrogens (tertiary/aromatic N) is 1. The molecule has 2 N–H and O–H groups in total. The van der Waals surface area contributed by atoms with E-state index in [0.29, 0.717) is 17.9 Å². The molecule has 6 heteroatoms. The van der Waals surface area contributed by atoms with Crippen molar-refractivity contribution >= 4 is 11.8 Å². The van der Waals surface area contributed by atoms with E-state index in [4.69, 9.17) is 4.74 Å². The summed E-state index contributed by atoms with van der Waals surface area (Å²) in [6, 6.07) is 9.72. The normalized spacial score (nSPS) is 11.4. The van der Waals surface area contributed by atoms with Gasteiger partial charge in [-0.1, -0.05) is 6.07 Å². The van der Waals surface area contributed by atoms with Crippen LogP contribution in [0.2, 0.25) is 0 Å². The Bertz CT molecular complexity index is 657. The van der Waals surface area contributed by atoms with Gasteiger partial charge in [0.05, 0.1) is 7.11 Å². The molecule has 0 unspecified atom stereocenters. The van der Waals surface area contributed by atoms with Gasteiger partial charge in [-0.25, -0.2) is 0 Å². The molecule has 6 nitrogen and oxygen atoms in total. The smallest absolute Gasteiger partial charge is 0.251 e. The van der Waals surface area contributed by atoms with Gasteiger partial charge in [-0.2, -0.15) is 0 Å². The van der Waals surface area contributed by atoms with Crippen molar-refractivity contribution in [2.24, 2.45) is 0 Å². The summed E-state index contributed by atoms with van der Waals surface area (Å²) in [7, 11) is 1.56. The average Bonchev–Trinajstić information content (AvgIpc) is 2.60. The van der Waals surface area contributed by atoms with E-state index in [1.807, 2.05) is 6.07 Å². The third-order valence-corrected chi connectivity index (χ3v) is 3.28. The van der Waals surface area contributed by atoms with Gasteiger partial charge in [0, 0.05) is 24.5 Å². The minimum atomic E-state index is -0.638. The molecule has 0 radical (unpaired) electrons. The van der Waals surface area contributed by atoms with Crippen molar-refractivity contribution in [1.82, 2.24) is 15.6 Å². The van der Waals surface area contributed by atoms with Gasteiger partial charge in [-0.15, -0.1) is 0 Å². The van der Waals surface area contributed by atoms with E-state index in [1.165, 1.54) is 0 Å². The molecule has 2 aromatic rings. The van der Waals surface area contributed by atoms with Crippen molar-refractivity contribution in [3.05, 3.63) is 59.9 Å². The highest BCUT2D eigenvalue weighted by Gasteiger charge is 2.16. The van der Waals surface area contributed by atoms with E-state index >= 15 is 0 Å². The Morgan fingerprint density at radius 3 is 2.57 bits per heavy atom. The molecule has 23 heavy (non-hydrogen) atoms. The average molecular weight is 313 g/mol. The van der Waals surface area contributed by atoms with Crippen LogP contribution in [0, 0.1) is 0 Å². The number of hydrogen-bond donors (Lipinski definition) is 2. The number of carbonyl (C=O) groups excluding carboxylic acids is 2. The van der Waals surface area contributed by atoms with E-state index in [2.05, 4.69) is 15.6 Å². The Morgan fingerprint density at radius 1 is 1.22 bits per heavy atom. The number of carbonyl (C=O) groups is 2. The highest BCUT2D eigenvalue weighted by Crippen LogP contribution is 2.11. The first kappa shape index (κ1) is 16.5. The second kappa shape index (κ2) is 7.93. The molecule has 2 rings (SSSR count). The number of nitrogens with one attached hydrogen (secondary N) is 2. The van der Waals surface area contributed by atoms with Crippen LogP contribution in [0.1, 0.15) is 22.8 Å². The van der Waals surface area contributed by atoms with Crippen LogP contribution in [-0.4, -0.2) is 29.9 Å². The van der Waals surface area contributed by atoms with Crippen LogP contribution in [0.5, 0.6) is 5.75 Å². The largest absolute Gasteiger partial charge is 0.497 e. The summed E-state index contributed by atoms with van der Waals surface area (Å²) in [6.07, 6.45) is 3.35. The summed E-state index contributed by atoms with van der Waals surface area (Å²) in [4.78, 5) is 28.1. The van der Waals surface area contributed by atoms with Crippen molar-refractivity contribution in [3.8, 4) is 5.75 Å². The SMILES string of the molecule is COc1ccc(C(=O)N[C@@H](C)C(=O)NCc2cccnc2)cc1. The summed E-state index contributed by atoms with van der Waals surface area (Å²) in [6.45, 7) is 2.01. The first-order chi connectivity index (χ1) is 11.1. The van der Waals surface area contributed by atoms with Gasteiger partial charge >= 0.3 is 0 Å². The minimum absolute atomic E-state index is 0.254. The van der Waals surface area contributed by atoms with E-state index in [-0.39, 0.29) is 11.8 Å². The molecule has 0 saturated carbocycles. The van der Waals surface area contributed by atoms with Gasteiger partial charge in [-0.3, -0.25) is 14.6 Å². The molecule has 1 heterocycles. The number of rotatable bonds is 6. The molecule has 0 aliphatic rings. The quantitative estimate of drug-likeness (QED) is 0.847. The van der Waals surface area contributed by atoms with Gasteiger partial charge in [0.2, 0.25) is 5.91 Å². The topological polar surface area (TPSA) is 80.3 Å². The van der Waals surface area contributed by atoms with Crippen LogP contribution >= 0.6 is 0 Å². The fraction of sp³-hybridized carbons (Fsp3) is 0.235. The standard InChI is InChI=1S/C17H19N3O3/c1-12(16(21)19-11-13-4-3-9-18-10-13)20-17(22)14-5-7-15(23-2)8-6-14/h3-10,12H,11H2,1-2H3,(H,19,21)(H,20,22)/t12-/m0/s1. The molecule has 1 aromatic carbocycles. The Kier molecular flexibility index (Phi) is 5.68. The number of ether oxygens (including phenoxy) is 1. The molecule has 1 aromatic heterocycles. The van der Waals surface area contributed by atoms with E-state index < -0.39 is 6.04 Å². The number of aromatic nitrogens is 1. The van der Waals surface area contributed by atoms with Gasteiger partial charge in [0.25, 0.3) is 5.91 Å². The summed E-state index contributed by atoms with van der Waals surface area (Å²) in [5, 5.41) is 5.42. The Labute approximate surface area is 134 Å². The minimum Gasteiger partial charge on any atom is -0.497 e. The lowest BCUT2D eigenvalue weighted by atomic mass is 10.2. The molecular weight excluding hydrogens is 294 g/mol. The Morgan fingerprint density at radius 2 is 1.96 bits per heavy atom. The third-order valence-electron chi connectivity index (χ3n) is 3.28. The molecule has 0 bridgehead atoms. The predicted octanol–water partition coefficient (Wildman–Crippen LogP) is 1.52. The van der Waals surface area contributed by atoms with E-state index in [0.717, 1.165) is 5.56 Å². The van der Waals surface area contributed by atoms with E-state index in [1.54, 1.807) is 56.8 Å². The number of amides is 2. The predicted molar refractivity (Wildman–Crippen MR) is 86.0 cm³/mol. The van der Waals surface area contributed by atoms with E-state index in [9.17, 15) is 9.59 Å².